The zero-order chi connectivity index (χ0) is 64.4. The summed E-state index contributed by atoms with van der Waals surface area (Å²) < 4.78 is 19.0. The first-order chi connectivity index (χ1) is 42.4. The summed E-state index contributed by atoms with van der Waals surface area (Å²) in [6.07, 6.45) is 0.577. The Morgan fingerprint density at radius 1 is 0.551 bits per heavy atom. The molecule has 89 heavy (non-hydrogen) atoms. The van der Waals surface area contributed by atoms with Crippen LogP contribution in [0.2, 0.25) is 0 Å². The number of ether oxygens (including phenoxy) is 3. The van der Waals surface area contributed by atoms with Crippen LogP contribution in [0.5, 0.6) is 0 Å². The van der Waals surface area contributed by atoms with Gasteiger partial charge in [-0.1, -0.05) is 60.7 Å². The van der Waals surface area contributed by atoms with Gasteiger partial charge in [-0.25, -0.2) is 29.1 Å². The summed E-state index contributed by atoms with van der Waals surface area (Å²) in [6, 6.07) is 17.5. The summed E-state index contributed by atoms with van der Waals surface area (Å²) in [4.78, 5) is 196. The van der Waals surface area contributed by atoms with Gasteiger partial charge in [-0.05, 0) is 38.8 Å². The molecule has 7 rings (SSSR count). The van der Waals surface area contributed by atoms with Crippen molar-refractivity contribution in [3.05, 3.63) is 138 Å². The number of carboxylic acids is 1. The van der Waals surface area contributed by atoms with E-state index in [2.05, 4.69) is 56.5 Å². The highest BCUT2D eigenvalue weighted by molar-refractivity contribution is 5.88. The number of nitrogens with zero attached hydrogens (tertiary/aromatic N) is 10. The first-order valence-corrected chi connectivity index (χ1v) is 27.1. The Labute approximate surface area is 501 Å². The van der Waals surface area contributed by atoms with Crippen LogP contribution in [-0.4, -0.2) is 187 Å². The maximum Gasteiger partial charge on any atom is 0.414 e. The molecule has 0 saturated carbocycles. The standard InChI is InChI=1S/C54H62N18O17/c1-32-21-70(50(83)64-45(32)80)24-37(75)69(27-40(78)79)19-16-56-35(73)22-67(38(76)25-71-30-58-41-43(71)60-48(62-46(41)81)65-52(85)87-28-33-11-7-5-8-12-33)18-15-55-36(74)23-68(20-17-57-51(84)89-54(2,3)4)39(77)26-72-31-59-42-44(72)61-49(63-47(42)82)66-53(86)88-29-34-13-9-6-10-14-34/h5-14,21,30-31H,15-20,22-29H2,1-4H3,(H,55,74)(H,56,73)(H,57,84)(H,78,79)(H,64,80,83)(H2,60,62,65,81,85)(H2,61,63,66,82,86). The van der Waals surface area contributed by atoms with Gasteiger partial charge in [0.25, 0.3) is 16.7 Å². The van der Waals surface area contributed by atoms with E-state index in [9.17, 15) is 67.4 Å². The monoisotopic (exact) mass is 1230 g/mol. The van der Waals surface area contributed by atoms with Gasteiger partial charge in [0.05, 0.1) is 25.7 Å². The number of benzene rings is 2. The minimum Gasteiger partial charge on any atom is -0.480 e. The van der Waals surface area contributed by atoms with Gasteiger partial charge in [0, 0.05) is 51.0 Å². The molecule has 5 heterocycles. The van der Waals surface area contributed by atoms with Crippen molar-refractivity contribution in [1.29, 1.82) is 0 Å². The molecule has 0 aliphatic carbocycles. The second-order valence-corrected chi connectivity index (χ2v) is 20.5. The fourth-order valence-electron chi connectivity index (χ4n) is 8.21. The molecule has 9 N–H and O–H groups in total. The Morgan fingerprint density at radius 2 is 0.966 bits per heavy atom. The van der Waals surface area contributed by atoms with Gasteiger partial charge in [0.15, 0.2) is 22.3 Å². The molecule has 0 spiro atoms. The van der Waals surface area contributed by atoms with Crippen LogP contribution in [0.3, 0.4) is 0 Å². The van der Waals surface area contributed by atoms with Crippen LogP contribution in [-0.2, 0) is 75.8 Å². The lowest BCUT2D eigenvalue weighted by Gasteiger charge is -2.25. The largest absolute Gasteiger partial charge is 0.480 e. The molecule has 7 aromatic rings. The number of hydrogen-bond donors (Lipinski definition) is 9. The molecule has 8 amide bonds. The van der Waals surface area contributed by atoms with E-state index in [0.29, 0.717) is 11.1 Å². The van der Waals surface area contributed by atoms with E-state index in [1.807, 2.05) is 4.98 Å². The number of rotatable bonds is 27. The number of aliphatic carboxylic acids is 1. The first kappa shape index (κ1) is 65.0. The maximum atomic E-state index is 14.3. The first-order valence-electron chi connectivity index (χ1n) is 27.1. The van der Waals surface area contributed by atoms with Crippen LogP contribution in [0.4, 0.5) is 26.3 Å². The quantitative estimate of drug-likeness (QED) is 0.0277. The maximum absolute atomic E-state index is 14.3. The molecule has 35 heteroatoms. The summed E-state index contributed by atoms with van der Waals surface area (Å²) in [6.45, 7) is -0.220. The average molecular weight is 1240 g/mol. The van der Waals surface area contributed by atoms with E-state index >= 15 is 0 Å². The number of H-pyrrole nitrogens is 3. The zero-order valence-corrected chi connectivity index (χ0v) is 48.4. The second-order valence-electron chi connectivity index (χ2n) is 20.5. The van der Waals surface area contributed by atoms with Crippen molar-refractivity contribution >= 4 is 88.0 Å². The minimum atomic E-state index is -1.43. The van der Waals surface area contributed by atoms with E-state index in [0.717, 1.165) is 42.7 Å². The van der Waals surface area contributed by atoms with E-state index < -0.39 is 134 Å². The molecular weight excluding hydrogens is 1170 g/mol. The van der Waals surface area contributed by atoms with Gasteiger partial charge in [-0.15, -0.1) is 0 Å². The predicted octanol–water partition coefficient (Wildman–Crippen LogP) is -1.06. The molecule has 0 fully saturated rings. The number of nitrogens with one attached hydrogen (secondary N) is 8. The van der Waals surface area contributed by atoms with Crippen molar-refractivity contribution in [2.75, 3.05) is 69.5 Å². The Bertz CT molecular complexity index is 4000. The van der Waals surface area contributed by atoms with E-state index in [-0.39, 0.29) is 79.2 Å². The summed E-state index contributed by atoms with van der Waals surface area (Å²) >= 11 is 0. The number of carbonyl (C=O) groups is 9. The van der Waals surface area contributed by atoms with Crippen molar-refractivity contribution in [1.82, 2.24) is 79.2 Å². The fraction of sp³-hybridized carbons (Fsp3) is 0.352. The summed E-state index contributed by atoms with van der Waals surface area (Å²) in [5.74, 6) is -6.26. The van der Waals surface area contributed by atoms with Gasteiger partial charge in [-0.3, -0.25) is 73.3 Å². The highest BCUT2D eigenvalue weighted by atomic mass is 16.6. The van der Waals surface area contributed by atoms with Gasteiger partial charge < -0.3 is 59.1 Å². The van der Waals surface area contributed by atoms with Crippen molar-refractivity contribution < 1.29 is 62.5 Å². The molecule has 2 aromatic carbocycles. The summed E-state index contributed by atoms with van der Waals surface area (Å²) in [5.41, 5.74) is -3.44. The van der Waals surface area contributed by atoms with Crippen LogP contribution in [0, 0.1) is 6.92 Å². The van der Waals surface area contributed by atoms with Gasteiger partial charge >= 0.3 is 29.9 Å². The third-order valence-electron chi connectivity index (χ3n) is 12.4. The van der Waals surface area contributed by atoms with Crippen LogP contribution in [0.1, 0.15) is 37.5 Å². The Hall–Kier alpha value is -11.6. The Morgan fingerprint density at radius 3 is 1.39 bits per heavy atom. The zero-order valence-electron chi connectivity index (χ0n) is 48.4. The molecule has 0 unspecified atom stereocenters. The van der Waals surface area contributed by atoms with Gasteiger partial charge in [-0.2, -0.15) is 9.97 Å². The van der Waals surface area contributed by atoms with E-state index in [1.165, 1.54) is 11.5 Å². The molecule has 35 nitrogen and oxygen atoms in total. The molecule has 5 aromatic heterocycles. The second kappa shape index (κ2) is 30.0. The van der Waals surface area contributed by atoms with Crippen molar-refractivity contribution in [3.8, 4) is 0 Å². The number of aromatic nitrogens is 10. The number of carbonyl (C=O) groups excluding carboxylic acids is 8. The van der Waals surface area contributed by atoms with Crippen molar-refractivity contribution in [3.63, 3.8) is 0 Å². The number of aromatic amines is 3. The number of amides is 8. The number of fused-ring (bicyclic) bond motifs is 2. The molecule has 0 radical (unpaired) electrons. The Balaban J connectivity index is 1.05. The van der Waals surface area contributed by atoms with Crippen LogP contribution >= 0.6 is 0 Å². The third kappa shape index (κ3) is 19.5. The number of aryl methyl sites for hydroxylation is 1. The molecule has 0 aliphatic rings. The third-order valence-corrected chi connectivity index (χ3v) is 12.4. The van der Waals surface area contributed by atoms with E-state index in [1.54, 1.807) is 81.4 Å². The highest BCUT2D eigenvalue weighted by Gasteiger charge is 2.26. The smallest absolute Gasteiger partial charge is 0.414 e. The van der Waals surface area contributed by atoms with Crippen LogP contribution < -0.4 is 49.0 Å². The van der Waals surface area contributed by atoms with Crippen LogP contribution in [0.15, 0.2) is 98.7 Å². The number of anilines is 2. The SMILES string of the molecule is Cc1cn(CC(=O)N(CCNC(=O)CN(CCNC(=O)CN(CCNC(=O)OC(C)(C)C)C(=O)Cn2cnc3c(=O)[nH]c(NC(=O)OCc4ccccc4)nc32)C(=O)Cn2cnc3c(=O)[nH]c(NC(=O)OCc4ccccc4)nc32)CC(=O)O)c(=O)[nH]c1=O. The summed E-state index contributed by atoms with van der Waals surface area (Å²) in [7, 11) is 0. The van der Waals surface area contributed by atoms with Gasteiger partial charge in [0.2, 0.25) is 41.4 Å². The molecular formula is C54H62N18O17. The highest BCUT2D eigenvalue weighted by Crippen LogP contribution is 2.13. The molecule has 0 saturated heterocycles. The normalized spacial score (nSPS) is 11.1. The minimum absolute atomic E-state index is 0.0976. The fourth-order valence-corrected chi connectivity index (χ4v) is 8.21. The molecule has 0 aliphatic heterocycles. The molecule has 470 valence electrons. The lowest BCUT2D eigenvalue weighted by Crippen LogP contribution is -2.49. The van der Waals surface area contributed by atoms with Crippen molar-refractivity contribution in [2.45, 2.75) is 66.1 Å². The number of carboxylic acid groups (broad SMARTS) is 1. The lowest BCUT2D eigenvalue weighted by atomic mass is 10.2. The topological polar surface area (TPSA) is 453 Å². The summed E-state index contributed by atoms with van der Waals surface area (Å²) in [5, 5.41) is 21.8. The Kier molecular flexibility index (Phi) is 21.9. The average Bonchev–Trinajstić information content (AvgIpc) is 1.83. The molecule has 0 atom stereocenters. The molecule has 0 bridgehead atoms. The number of hydrogen-bond acceptors (Lipinski definition) is 20. The predicted molar refractivity (Wildman–Crippen MR) is 310 cm³/mol. The van der Waals surface area contributed by atoms with E-state index in [4.69, 9.17) is 14.2 Å². The van der Waals surface area contributed by atoms with Crippen LogP contribution in [0.25, 0.3) is 22.3 Å². The number of imidazole rings is 2. The van der Waals surface area contributed by atoms with Crippen molar-refractivity contribution in [2.24, 2.45) is 0 Å². The lowest BCUT2D eigenvalue weighted by molar-refractivity contribution is -0.144. The van der Waals surface area contributed by atoms with Gasteiger partial charge in [0.1, 0.15) is 45.0 Å². The number of alkyl carbamates (subject to hydrolysis) is 1.